The number of nitrogens with two attached hydrogens (primary N) is 1. The van der Waals surface area contributed by atoms with Crippen molar-refractivity contribution in [1.82, 2.24) is 9.80 Å². The van der Waals surface area contributed by atoms with Crippen molar-refractivity contribution in [2.45, 2.75) is 25.9 Å². The molecule has 1 amide bonds. The molecule has 2 rings (SSSR count). The van der Waals surface area contributed by atoms with E-state index in [0.29, 0.717) is 19.1 Å². The SMILES string of the molecule is CC1CN(C(=O)CN2CCC(CN)CC2)CCO1. The molecule has 0 aromatic carbocycles. The number of carbonyl (C=O) groups is 1. The zero-order valence-corrected chi connectivity index (χ0v) is 11.3. The Morgan fingerprint density at radius 3 is 2.67 bits per heavy atom. The number of hydrogen-bond donors (Lipinski definition) is 1. The van der Waals surface area contributed by atoms with Crippen molar-refractivity contribution < 1.29 is 9.53 Å². The summed E-state index contributed by atoms with van der Waals surface area (Å²) in [5, 5.41) is 0. The lowest BCUT2D eigenvalue weighted by Gasteiger charge is -2.35. The summed E-state index contributed by atoms with van der Waals surface area (Å²) in [6.45, 7) is 7.52. The first-order valence-corrected chi connectivity index (χ1v) is 7.01. The minimum Gasteiger partial charge on any atom is -0.375 e. The van der Waals surface area contributed by atoms with Crippen molar-refractivity contribution in [2.24, 2.45) is 11.7 Å². The molecule has 1 unspecified atom stereocenters. The molecular formula is C13H25N3O2. The van der Waals surface area contributed by atoms with Crippen LogP contribution in [0.4, 0.5) is 0 Å². The Kier molecular flexibility index (Phi) is 4.97. The van der Waals surface area contributed by atoms with E-state index >= 15 is 0 Å². The van der Waals surface area contributed by atoms with Crippen LogP contribution in [0.25, 0.3) is 0 Å². The molecule has 0 spiro atoms. The van der Waals surface area contributed by atoms with Gasteiger partial charge in [0.15, 0.2) is 0 Å². The van der Waals surface area contributed by atoms with Gasteiger partial charge in [-0.1, -0.05) is 0 Å². The van der Waals surface area contributed by atoms with Crippen LogP contribution in [0.5, 0.6) is 0 Å². The molecule has 0 aromatic rings. The molecule has 1 atom stereocenters. The van der Waals surface area contributed by atoms with Crippen LogP contribution in [0.3, 0.4) is 0 Å². The maximum absolute atomic E-state index is 12.2. The lowest BCUT2D eigenvalue weighted by molar-refractivity contribution is -0.139. The Balaban J connectivity index is 1.74. The Morgan fingerprint density at radius 2 is 2.06 bits per heavy atom. The Bertz CT molecular complexity index is 277. The van der Waals surface area contributed by atoms with Gasteiger partial charge in [-0.15, -0.1) is 0 Å². The molecule has 2 aliphatic rings. The second kappa shape index (κ2) is 6.50. The van der Waals surface area contributed by atoms with E-state index in [1.54, 1.807) is 0 Å². The summed E-state index contributed by atoms with van der Waals surface area (Å²) in [6, 6.07) is 0. The second-order valence-corrected chi connectivity index (χ2v) is 5.48. The van der Waals surface area contributed by atoms with Crippen molar-refractivity contribution in [3.63, 3.8) is 0 Å². The molecule has 5 heteroatoms. The Hall–Kier alpha value is -0.650. The van der Waals surface area contributed by atoms with Crippen LogP contribution in [0.15, 0.2) is 0 Å². The molecule has 2 heterocycles. The predicted octanol–water partition coefficient (Wildman–Crippen LogP) is -0.0956. The van der Waals surface area contributed by atoms with E-state index in [9.17, 15) is 4.79 Å². The first-order valence-electron chi connectivity index (χ1n) is 7.01. The van der Waals surface area contributed by atoms with Crippen LogP contribution in [-0.2, 0) is 9.53 Å². The Labute approximate surface area is 109 Å². The van der Waals surface area contributed by atoms with E-state index in [-0.39, 0.29) is 12.0 Å². The number of hydrogen-bond acceptors (Lipinski definition) is 4. The summed E-state index contributed by atoms with van der Waals surface area (Å²) in [4.78, 5) is 16.4. The van der Waals surface area contributed by atoms with Gasteiger partial charge in [-0.25, -0.2) is 0 Å². The highest BCUT2D eigenvalue weighted by molar-refractivity contribution is 5.78. The lowest BCUT2D eigenvalue weighted by Crippen LogP contribution is -2.49. The molecule has 0 bridgehead atoms. The molecule has 2 aliphatic heterocycles. The monoisotopic (exact) mass is 255 g/mol. The zero-order chi connectivity index (χ0) is 13.0. The normalized spacial score (nSPS) is 27.4. The van der Waals surface area contributed by atoms with Gasteiger partial charge in [0.05, 0.1) is 19.3 Å². The van der Waals surface area contributed by atoms with Crippen molar-refractivity contribution in [2.75, 3.05) is 45.9 Å². The quantitative estimate of drug-likeness (QED) is 0.765. The number of likely N-dealkylation sites (tertiary alicyclic amines) is 1. The third kappa shape index (κ3) is 3.67. The molecule has 104 valence electrons. The number of piperidine rings is 1. The van der Waals surface area contributed by atoms with E-state index in [4.69, 9.17) is 10.5 Å². The van der Waals surface area contributed by atoms with E-state index in [0.717, 1.165) is 45.6 Å². The molecule has 0 saturated carbocycles. The van der Waals surface area contributed by atoms with Crippen molar-refractivity contribution in [3.8, 4) is 0 Å². The zero-order valence-electron chi connectivity index (χ0n) is 11.3. The van der Waals surface area contributed by atoms with Gasteiger partial charge in [0, 0.05) is 13.1 Å². The van der Waals surface area contributed by atoms with Gasteiger partial charge < -0.3 is 15.4 Å². The average Bonchev–Trinajstić information content (AvgIpc) is 2.39. The summed E-state index contributed by atoms with van der Waals surface area (Å²) in [5.74, 6) is 0.899. The largest absolute Gasteiger partial charge is 0.375 e. The molecule has 2 fully saturated rings. The van der Waals surface area contributed by atoms with Gasteiger partial charge in [0.25, 0.3) is 0 Å². The maximum Gasteiger partial charge on any atom is 0.236 e. The minimum atomic E-state index is 0.172. The minimum absolute atomic E-state index is 0.172. The lowest BCUT2D eigenvalue weighted by atomic mass is 9.97. The Morgan fingerprint density at radius 1 is 1.33 bits per heavy atom. The summed E-state index contributed by atoms with van der Waals surface area (Å²) in [7, 11) is 0. The predicted molar refractivity (Wildman–Crippen MR) is 70.2 cm³/mol. The van der Waals surface area contributed by atoms with Gasteiger partial charge in [-0.3, -0.25) is 9.69 Å². The van der Waals surface area contributed by atoms with Crippen LogP contribution in [0.2, 0.25) is 0 Å². The number of amides is 1. The van der Waals surface area contributed by atoms with Gasteiger partial charge in [0.1, 0.15) is 0 Å². The second-order valence-electron chi connectivity index (χ2n) is 5.48. The smallest absolute Gasteiger partial charge is 0.236 e. The number of nitrogens with zero attached hydrogens (tertiary/aromatic N) is 2. The van der Waals surface area contributed by atoms with Crippen LogP contribution in [0.1, 0.15) is 19.8 Å². The maximum atomic E-state index is 12.2. The molecule has 2 N–H and O–H groups in total. The van der Waals surface area contributed by atoms with Crippen LogP contribution in [-0.4, -0.2) is 67.7 Å². The molecule has 18 heavy (non-hydrogen) atoms. The van der Waals surface area contributed by atoms with E-state index < -0.39 is 0 Å². The molecule has 5 nitrogen and oxygen atoms in total. The summed E-state index contributed by atoms with van der Waals surface area (Å²) >= 11 is 0. The fourth-order valence-electron chi connectivity index (χ4n) is 2.72. The molecular weight excluding hydrogens is 230 g/mol. The fourth-order valence-corrected chi connectivity index (χ4v) is 2.72. The topological polar surface area (TPSA) is 58.8 Å². The molecule has 0 aromatic heterocycles. The van der Waals surface area contributed by atoms with Gasteiger partial charge in [0.2, 0.25) is 5.91 Å². The highest BCUT2D eigenvalue weighted by Gasteiger charge is 2.25. The molecule has 0 aliphatic carbocycles. The van der Waals surface area contributed by atoms with Gasteiger partial charge in [-0.2, -0.15) is 0 Å². The van der Waals surface area contributed by atoms with Crippen LogP contribution < -0.4 is 5.73 Å². The highest BCUT2D eigenvalue weighted by atomic mass is 16.5. The van der Waals surface area contributed by atoms with E-state index in [1.165, 1.54) is 0 Å². The average molecular weight is 255 g/mol. The fraction of sp³-hybridized carbons (Fsp3) is 0.923. The van der Waals surface area contributed by atoms with Crippen LogP contribution in [0, 0.1) is 5.92 Å². The standard InChI is InChI=1S/C13H25N3O2/c1-11-9-16(6-7-18-11)13(17)10-15-4-2-12(8-14)3-5-15/h11-12H,2-10,14H2,1H3. The molecule has 0 radical (unpaired) electrons. The van der Waals surface area contributed by atoms with Crippen molar-refractivity contribution in [1.29, 1.82) is 0 Å². The van der Waals surface area contributed by atoms with Crippen molar-refractivity contribution >= 4 is 5.91 Å². The summed E-state index contributed by atoms with van der Waals surface area (Å²) < 4.78 is 5.46. The third-order valence-electron chi connectivity index (χ3n) is 3.99. The van der Waals surface area contributed by atoms with Gasteiger partial charge >= 0.3 is 0 Å². The number of rotatable bonds is 3. The van der Waals surface area contributed by atoms with E-state index in [2.05, 4.69) is 4.90 Å². The third-order valence-corrected chi connectivity index (χ3v) is 3.99. The molecule has 2 saturated heterocycles. The number of carbonyl (C=O) groups excluding carboxylic acids is 1. The summed E-state index contributed by atoms with van der Waals surface area (Å²) in [6.07, 6.45) is 2.43. The number of ether oxygens (including phenoxy) is 1. The number of morpholine rings is 1. The highest BCUT2D eigenvalue weighted by Crippen LogP contribution is 2.16. The first kappa shape index (κ1) is 13.8. The van der Waals surface area contributed by atoms with Gasteiger partial charge in [-0.05, 0) is 45.3 Å². The van der Waals surface area contributed by atoms with E-state index in [1.807, 2.05) is 11.8 Å². The first-order chi connectivity index (χ1) is 8.69. The van der Waals surface area contributed by atoms with Crippen LogP contribution >= 0.6 is 0 Å². The summed E-state index contributed by atoms with van der Waals surface area (Å²) in [5.41, 5.74) is 5.67. The van der Waals surface area contributed by atoms with Crippen molar-refractivity contribution in [3.05, 3.63) is 0 Å².